The minimum atomic E-state index is 0.728. The minimum Gasteiger partial charge on any atom is -0.247 e. The number of aromatic nitrogens is 3. The van der Waals surface area contributed by atoms with Crippen LogP contribution >= 0.6 is 11.3 Å². The lowest BCUT2D eigenvalue weighted by atomic mass is 9.90. The van der Waals surface area contributed by atoms with Gasteiger partial charge in [0, 0.05) is 42.2 Å². The zero-order valence-electron chi connectivity index (χ0n) is 25.6. The fraction of sp³-hybridized carbons (Fsp3) is 0.0465. The Morgan fingerprint density at radius 3 is 1.72 bits per heavy atom. The van der Waals surface area contributed by atoms with Gasteiger partial charge in [0.1, 0.15) is 0 Å². The van der Waals surface area contributed by atoms with Crippen LogP contribution in [0.5, 0.6) is 0 Å². The molecule has 9 rings (SSSR count). The molecule has 0 bridgehead atoms. The quantitative estimate of drug-likeness (QED) is 0.192. The molecule has 8 aromatic rings. The van der Waals surface area contributed by atoms with Crippen molar-refractivity contribution in [3.05, 3.63) is 163 Å². The van der Waals surface area contributed by atoms with Crippen LogP contribution in [0.3, 0.4) is 0 Å². The Hall–Kier alpha value is -5.71. The highest BCUT2D eigenvalue weighted by molar-refractivity contribution is 7.26. The van der Waals surface area contributed by atoms with Gasteiger partial charge in [-0.2, -0.15) is 0 Å². The summed E-state index contributed by atoms with van der Waals surface area (Å²) >= 11 is 1.87. The molecule has 0 saturated heterocycles. The summed E-state index contributed by atoms with van der Waals surface area (Å²) in [5, 5.41) is 3.81. The summed E-state index contributed by atoms with van der Waals surface area (Å²) in [5.41, 5.74) is 11.0. The minimum absolute atomic E-state index is 0.728. The molecule has 222 valence electrons. The third-order valence-electron chi connectivity index (χ3n) is 9.05. The third kappa shape index (κ3) is 5.04. The van der Waals surface area contributed by atoms with Crippen LogP contribution in [-0.4, -0.2) is 15.0 Å². The van der Waals surface area contributed by atoms with E-state index < -0.39 is 0 Å². The number of hydrogen-bond donors (Lipinski definition) is 0. The lowest BCUT2D eigenvalue weighted by Crippen LogP contribution is -1.98. The second kappa shape index (κ2) is 11.6. The first-order chi connectivity index (χ1) is 23.3. The third-order valence-corrected chi connectivity index (χ3v) is 10.2. The Labute approximate surface area is 277 Å². The molecule has 1 aliphatic rings. The maximum Gasteiger partial charge on any atom is 0.160 e. The predicted octanol–water partition coefficient (Wildman–Crippen LogP) is 11.7. The van der Waals surface area contributed by atoms with Gasteiger partial charge in [0.2, 0.25) is 0 Å². The van der Waals surface area contributed by atoms with Gasteiger partial charge in [0.15, 0.2) is 5.82 Å². The van der Waals surface area contributed by atoms with Gasteiger partial charge in [0.25, 0.3) is 0 Å². The van der Waals surface area contributed by atoms with Gasteiger partial charge in [-0.25, -0.2) is 15.0 Å². The van der Waals surface area contributed by atoms with E-state index in [1.54, 1.807) is 0 Å². The highest BCUT2D eigenvalue weighted by atomic mass is 32.1. The van der Waals surface area contributed by atoms with Gasteiger partial charge in [-0.3, -0.25) is 0 Å². The van der Waals surface area contributed by atoms with Crippen molar-refractivity contribution in [1.82, 2.24) is 15.0 Å². The molecule has 0 unspecified atom stereocenters. The van der Waals surface area contributed by atoms with Gasteiger partial charge in [-0.15, -0.1) is 11.3 Å². The van der Waals surface area contributed by atoms with Crippen LogP contribution in [0.2, 0.25) is 0 Å². The van der Waals surface area contributed by atoms with E-state index in [2.05, 4.69) is 115 Å². The van der Waals surface area contributed by atoms with Gasteiger partial charge in [-0.05, 0) is 47.8 Å². The fourth-order valence-electron chi connectivity index (χ4n) is 6.64. The molecule has 0 fully saturated rings. The number of hydrogen-bond acceptors (Lipinski definition) is 4. The standard InChI is InChI=1S/C43H29N3S/c1-3-11-30(12-4-1)37-27-38(31-13-5-2-6-14-31)46-43(45-37)33-25-21-29(22-26-33)28-19-23-32(24-20-28)41-40-35-16-8-10-18-39(35)47-42(40)34-15-7-9-17-36(34)44-41/h1-19,21-23,25-27H,20,24H2. The molecule has 1 aliphatic carbocycles. The number of allylic oxidation sites excluding steroid dienone is 4. The molecule has 0 aliphatic heterocycles. The van der Waals surface area contributed by atoms with E-state index in [0.717, 1.165) is 58.0 Å². The Bertz CT molecular complexity index is 2430. The number of pyridine rings is 1. The summed E-state index contributed by atoms with van der Waals surface area (Å²) in [5.74, 6) is 0.728. The molecule has 3 aromatic heterocycles. The van der Waals surface area contributed by atoms with Gasteiger partial charge in [0.05, 0.1) is 22.6 Å². The molecule has 0 N–H and O–H groups in total. The smallest absolute Gasteiger partial charge is 0.160 e. The number of thiophene rings is 1. The lowest BCUT2D eigenvalue weighted by molar-refractivity contribution is 1.06. The Morgan fingerprint density at radius 2 is 1.04 bits per heavy atom. The molecule has 0 saturated carbocycles. The van der Waals surface area contributed by atoms with Crippen LogP contribution in [0, 0.1) is 0 Å². The van der Waals surface area contributed by atoms with E-state index in [4.69, 9.17) is 15.0 Å². The second-order valence-electron chi connectivity index (χ2n) is 11.9. The molecule has 47 heavy (non-hydrogen) atoms. The van der Waals surface area contributed by atoms with Gasteiger partial charge in [-0.1, -0.05) is 133 Å². The average Bonchev–Trinajstić information content (AvgIpc) is 3.55. The molecule has 0 radical (unpaired) electrons. The predicted molar refractivity (Wildman–Crippen MR) is 198 cm³/mol. The molecule has 3 heterocycles. The maximum absolute atomic E-state index is 5.25. The molecule has 0 spiro atoms. The topological polar surface area (TPSA) is 38.7 Å². The van der Waals surface area contributed by atoms with Crippen LogP contribution in [-0.2, 0) is 0 Å². The summed E-state index contributed by atoms with van der Waals surface area (Å²) < 4.78 is 2.64. The summed E-state index contributed by atoms with van der Waals surface area (Å²) in [4.78, 5) is 15.3. The zero-order chi connectivity index (χ0) is 31.2. The van der Waals surface area contributed by atoms with Crippen molar-refractivity contribution in [2.75, 3.05) is 0 Å². The van der Waals surface area contributed by atoms with Crippen molar-refractivity contribution in [2.45, 2.75) is 12.8 Å². The number of nitrogens with zero attached hydrogens (tertiary/aromatic N) is 3. The summed E-state index contributed by atoms with van der Waals surface area (Å²) in [6, 6.07) is 48.7. The van der Waals surface area contributed by atoms with Crippen molar-refractivity contribution in [3.63, 3.8) is 0 Å². The van der Waals surface area contributed by atoms with Crippen LogP contribution in [0.1, 0.15) is 24.1 Å². The van der Waals surface area contributed by atoms with E-state index in [0.29, 0.717) is 0 Å². The molecule has 0 amide bonds. The van der Waals surface area contributed by atoms with Crippen LogP contribution < -0.4 is 0 Å². The van der Waals surface area contributed by atoms with Gasteiger partial charge >= 0.3 is 0 Å². The molecule has 5 aromatic carbocycles. The van der Waals surface area contributed by atoms with Crippen molar-refractivity contribution in [2.24, 2.45) is 0 Å². The Morgan fingerprint density at radius 1 is 0.468 bits per heavy atom. The van der Waals surface area contributed by atoms with E-state index in [-0.39, 0.29) is 0 Å². The first-order valence-corrected chi connectivity index (χ1v) is 16.8. The number of rotatable bonds is 5. The lowest BCUT2D eigenvalue weighted by Gasteiger charge is -2.17. The molecule has 3 nitrogen and oxygen atoms in total. The largest absolute Gasteiger partial charge is 0.247 e. The first kappa shape index (κ1) is 27.6. The van der Waals surface area contributed by atoms with E-state index in [1.165, 1.54) is 42.3 Å². The number of para-hydroxylation sites is 1. The Balaban J connectivity index is 1.08. The van der Waals surface area contributed by atoms with Crippen molar-refractivity contribution in [3.8, 4) is 33.9 Å². The molecule has 0 atom stereocenters. The van der Waals surface area contributed by atoms with Gasteiger partial charge < -0.3 is 0 Å². The van der Waals surface area contributed by atoms with Crippen LogP contribution in [0.25, 0.3) is 76.1 Å². The van der Waals surface area contributed by atoms with Crippen molar-refractivity contribution >= 4 is 53.6 Å². The van der Waals surface area contributed by atoms with Crippen molar-refractivity contribution < 1.29 is 0 Å². The van der Waals surface area contributed by atoms with E-state index in [1.807, 2.05) is 47.7 Å². The maximum atomic E-state index is 5.25. The SMILES string of the molecule is C1=C(c2ccc(-c3nc(-c4ccccc4)cc(-c4ccccc4)n3)cc2)CCC(c2nc3ccccc3c3sc4ccccc4c23)=C1. The first-order valence-electron chi connectivity index (χ1n) is 16.0. The summed E-state index contributed by atoms with van der Waals surface area (Å²) in [7, 11) is 0. The number of fused-ring (bicyclic) bond motifs is 5. The highest BCUT2D eigenvalue weighted by Gasteiger charge is 2.19. The Kier molecular flexibility index (Phi) is 6.80. The summed E-state index contributed by atoms with van der Waals surface area (Å²) in [6.45, 7) is 0. The van der Waals surface area contributed by atoms with Crippen LogP contribution in [0.15, 0.2) is 152 Å². The average molecular weight is 620 g/mol. The zero-order valence-corrected chi connectivity index (χ0v) is 26.4. The van der Waals surface area contributed by atoms with Crippen molar-refractivity contribution in [1.29, 1.82) is 0 Å². The molecular formula is C43H29N3S. The summed E-state index contributed by atoms with van der Waals surface area (Å²) in [6.07, 6.45) is 6.47. The molecule has 4 heteroatoms. The number of benzene rings is 5. The molecular weight excluding hydrogens is 591 g/mol. The van der Waals surface area contributed by atoms with E-state index in [9.17, 15) is 0 Å². The monoisotopic (exact) mass is 619 g/mol. The van der Waals surface area contributed by atoms with E-state index >= 15 is 0 Å². The fourth-order valence-corrected chi connectivity index (χ4v) is 7.88. The highest BCUT2D eigenvalue weighted by Crippen LogP contribution is 2.43. The van der Waals surface area contributed by atoms with Crippen LogP contribution in [0.4, 0.5) is 0 Å². The second-order valence-corrected chi connectivity index (χ2v) is 13.0. The normalized spacial score (nSPS) is 13.2.